The third-order valence-corrected chi connectivity index (χ3v) is 6.69. The van der Waals surface area contributed by atoms with Crippen LogP contribution in [0.5, 0.6) is 0 Å². The molecule has 5 heteroatoms. The summed E-state index contributed by atoms with van der Waals surface area (Å²) >= 11 is 1.16. The third-order valence-electron chi connectivity index (χ3n) is 5.81. The summed E-state index contributed by atoms with van der Waals surface area (Å²) in [6.45, 7) is 0. The van der Waals surface area contributed by atoms with E-state index in [9.17, 15) is 10.5 Å². The van der Waals surface area contributed by atoms with Crippen molar-refractivity contribution in [3.05, 3.63) is 33.4 Å². The Balaban J connectivity index is 1.79. The van der Waals surface area contributed by atoms with Gasteiger partial charge in [0.25, 0.3) is 0 Å². The molecule has 3 aliphatic carbocycles. The number of nitrogens with two attached hydrogens (primary N) is 2. The quantitative estimate of drug-likeness (QED) is 0.723. The zero-order valence-corrected chi connectivity index (χ0v) is 12.4. The van der Waals surface area contributed by atoms with Gasteiger partial charge in [-0.3, -0.25) is 0 Å². The van der Waals surface area contributed by atoms with Crippen molar-refractivity contribution in [2.75, 3.05) is 0 Å². The van der Waals surface area contributed by atoms with Crippen LogP contribution in [0.2, 0.25) is 0 Å². The minimum atomic E-state index is -0.210. The lowest BCUT2D eigenvalue weighted by molar-refractivity contribution is 0.322. The number of allylic oxidation sites excluding steroid dienone is 4. The fraction of sp³-hybridized carbons (Fsp3) is 0.500. The summed E-state index contributed by atoms with van der Waals surface area (Å²) in [6, 6.07) is 4.48. The topological polar surface area (TPSA) is 99.6 Å². The van der Waals surface area contributed by atoms with Gasteiger partial charge in [0.1, 0.15) is 0 Å². The summed E-state index contributed by atoms with van der Waals surface area (Å²) in [6.07, 6.45) is 8.24. The van der Waals surface area contributed by atoms with Crippen LogP contribution < -0.4 is 11.5 Å². The Morgan fingerprint density at radius 2 is 1.71 bits per heavy atom. The number of hydrogen-bond donors (Lipinski definition) is 2. The van der Waals surface area contributed by atoms with E-state index in [2.05, 4.69) is 24.3 Å². The van der Waals surface area contributed by atoms with Gasteiger partial charge in [0.2, 0.25) is 0 Å². The summed E-state index contributed by atoms with van der Waals surface area (Å²) in [7, 11) is 0. The molecule has 1 heterocycles. The molecule has 0 amide bonds. The second-order valence-corrected chi connectivity index (χ2v) is 7.59. The fourth-order valence-corrected chi connectivity index (χ4v) is 5.56. The highest BCUT2D eigenvalue weighted by atomic mass is 32.2. The predicted molar refractivity (Wildman–Crippen MR) is 80.6 cm³/mol. The SMILES string of the molecule is N#CC1=C(N)SC(N)=C(C#N)C1C1CC2C=CC1C21CC1. The van der Waals surface area contributed by atoms with Gasteiger partial charge in [0.15, 0.2) is 0 Å². The number of nitriles is 2. The van der Waals surface area contributed by atoms with Gasteiger partial charge in [-0.1, -0.05) is 23.9 Å². The molecule has 4 aliphatic rings. The van der Waals surface area contributed by atoms with Crippen LogP contribution >= 0.6 is 11.8 Å². The van der Waals surface area contributed by atoms with Gasteiger partial charge >= 0.3 is 0 Å². The van der Waals surface area contributed by atoms with Crippen molar-refractivity contribution in [1.29, 1.82) is 10.5 Å². The molecule has 1 aliphatic heterocycles. The van der Waals surface area contributed by atoms with Crippen LogP contribution in [-0.2, 0) is 0 Å². The van der Waals surface area contributed by atoms with E-state index in [0.717, 1.165) is 18.2 Å². The zero-order chi connectivity index (χ0) is 14.8. The van der Waals surface area contributed by atoms with Gasteiger partial charge in [-0.2, -0.15) is 10.5 Å². The van der Waals surface area contributed by atoms with Crippen LogP contribution in [0.3, 0.4) is 0 Å². The summed E-state index contributed by atoms with van der Waals surface area (Å²) in [5.74, 6) is 1.18. The van der Waals surface area contributed by atoms with Crippen LogP contribution in [-0.4, -0.2) is 0 Å². The molecular formula is C16H16N4S. The van der Waals surface area contributed by atoms with Gasteiger partial charge in [-0.15, -0.1) is 0 Å². The molecule has 2 saturated carbocycles. The molecule has 1 spiro atoms. The molecule has 0 radical (unpaired) electrons. The molecule has 0 aromatic carbocycles. The number of rotatable bonds is 1. The highest BCUT2D eigenvalue weighted by molar-refractivity contribution is 8.06. The Bertz CT molecular complexity index is 663. The van der Waals surface area contributed by atoms with Crippen molar-refractivity contribution in [3.63, 3.8) is 0 Å². The van der Waals surface area contributed by atoms with E-state index in [-0.39, 0.29) is 5.92 Å². The lowest BCUT2D eigenvalue weighted by atomic mass is 9.73. The van der Waals surface area contributed by atoms with Crippen molar-refractivity contribution in [3.8, 4) is 12.1 Å². The van der Waals surface area contributed by atoms with Crippen molar-refractivity contribution in [1.82, 2.24) is 0 Å². The van der Waals surface area contributed by atoms with Crippen LogP contribution in [0, 0.1) is 51.7 Å². The van der Waals surface area contributed by atoms with Crippen molar-refractivity contribution in [2.24, 2.45) is 40.6 Å². The maximum absolute atomic E-state index is 9.52. The first-order valence-electron chi connectivity index (χ1n) is 7.28. The molecule has 2 fully saturated rings. The van der Waals surface area contributed by atoms with Crippen molar-refractivity contribution in [2.45, 2.75) is 19.3 Å². The smallest absolute Gasteiger partial charge is 0.0981 e. The molecule has 106 valence electrons. The molecule has 2 bridgehead atoms. The molecule has 3 unspecified atom stereocenters. The molecule has 4 N–H and O–H groups in total. The summed E-state index contributed by atoms with van der Waals surface area (Å²) in [4.78, 5) is 0. The molecule has 4 nitrogen and oxygen atoms in total. The monoisotopic (exact) mass is 296 g/mol. The number of hydrogen-bond acceptors (Lipinski definition) is 5. The Labute approximate surface area is 128 Å². The van der Waals surface area contributed by atoms with Gasteiger partial charge in [0, 0.05) is 5.92 Å². The van der Waals surface area contributed by atoms with Crippen LogP contribution in [0.15, 0.2) is 33.4 Å². The normalized spacial score (nSPS) is 36.2. The van der Waals surface area contributed by atoms with E-state index in [1.54, 1.807) is 0 Å². The first kappa shape index (κ1) is 12.9. The molecule has 3 atom stereocenters. The van der Waals surface area contributed by atoms with E-state index in [4.69, 9.17) is 11.5 Å². The Kier molecular flexibility index (Phi) is 2.50. The second-order valence-electron chi connectivity index (χ2n) is 6.51. The Morgan fingerprint density at radius 1 is 1.10 bits per heavy atom. The minimum absolute atomic E-state index is 0.210. The molecule has 4 rings (SSSR count). The highest BCUT2D eigenvalue weighted by Crippen LogP contribution is 2.72. The summed E-state index contributed by atoms with van der Waals surface area (Å²) < 4.78 is 0. The first-order chi connectivity index (χ1) is 10.1. The van der Waals surface area contributed by atoms with E-state index < -0.39 is 0 Å². The average molecular weight is 296 g/mol. The number of nitrogens with zero attached hydrogens (tertiary/aromatic N) is 2. The Hall–Kier alpha value is -1.85. The van der Waals surface area contributed by atoms with Gasteiger partial charge in [-0.25, -0.2) is 0 Å². The lowest BCUT2D eigenvalue weighted by Gasteiger charge is -2.32. The molecule has 0 saturated heterocycles. The zero-order valence-electron chi connectivity index (χ0n) is 11.5. The summed E-state index contributed by atoms with van der Waals surface area (Å²) in [5, 5.41) is 20.0. The molecule has 0 aromatic heterocycles. The minimum Gasteiger partial charge on any atom is -0.392 e. The maximum Gasteiger partial charge on any atom is 0.0981 e. The predicted octanol–water partition coefficient (Wildman–Crippen LogP) is 2.34. The lowest BCUT2D eigenvalue weighted by Crippen LogP contribution is -2.29. The number of thioether (sulfide) groups is 1. The largest absolute Gasteiger partial charge is 0.392 e. The van der Waals surface area contributed by atoms with E-state index in [0.29, 0.717) is 44.4 Å². The molecular weight excluding hydrogens is 280 g/mol. The average Bonchev–Trinajstić information content (AvgIpc) is 3.13. The standard InChI is InChI=1S/C16H16N4S/c17-6-10-13(11(7-18)15(20)21-14(10)19)9-5-8-1-2-12(9)16(8)3-4-16/h1-2,8-9,12-13H,3-5,19-20H2. The summed E-state index contributed by atoms with van der Waals surface area (Å²) in [5.41, 5.74) is 13.6. The highest BCUT2D eigenvalue weighted by Gasteiger charge is 2.64. The molecule has 21 heavy (non-hydrogen) atoms. The maximum atomic E-state index is 9.52. The second kappa shape index (κ2) is 4.08. The first-order valence-corrected chi connectivity index (χ1v) is 8.09. The van der Waals surface area contributed by atoms with Gasteiger partial charge in [0.05, 0.1) is 33.3 Å². The van der Waals surface area contributed by atoms with Crippen LogP contribution in [0.1, 0.15) is 19.3 Å². The Morgan fingerprint density at radius 3 is 2.19 bits per heavy atom. The van der Waals surface area contributed by atoms with Crippen molar-refractivity contribution >= 4 is 11.8 Å². The molecule has 0 aromatic rings. The van der Waals surface area contributed by atoms with Gasteiger partial charge in [-0.05, 0) is 42.4 Å². The van der Waals surface area contributed by atoms with E-state index >= 15 is 0 Å². The fourth-order valence-electron chi connectivity index (χ4n) is 4.76. The van der Waals surface area contributed by atoms with Crippen molar-refractivity contribution < 1.29 is 0 Å². The van der Waals surface area contributed by atoms with E-state index in [1.807, 2.05) is 0 Å². The van der Waals surface area contributed by atoms with Gasteiger partial charge < -0.3 is 11.5 Å². The third kappa shape index (κ3) is 1.50. The van der Waals surface area contributed by atoms with E-state index in [1.165, 1.54) is 12.8 Å². The van der Waals surface area contributed by atoms with Crippen LogP contribution in [0.25, 0.3) is 0 Å². The van der Waals surface area contributed by atoms with Crippen LogP contribution in [0.4, 0.5) is 0 Å².